The van der Waals surface area contributed by atoms with E-state index in [1.54, 1.807) is 11.3 Å². The first-order valence-corrected chi connectivity index (χ1v) is 9.30. The zero-order valence-corrected chi connectivity index (χ0v) is 14.4. The van der Waals surface area contributed by atoms with Crippen molar-refractivity contribution >= 4 is 22.9 Å². The minimum atomic E-state index is -0.0287. The van der Waals surface area contributed by atoms with Gasteiger partial charge in [0.15, 0.2) is 0 Å². The maximum atomic E-state index is 12.3. The molecule has 0 radical (unpaired) electrons. The Morgan fingerprint density at radius 1 is 1.22 bits per heavy atom. The number of hydrogen-bond acceptors (Lipinski definition) is 3. The summed E-state index contributed by atoms with van der Waals surface area (Å²) in [6, 6.07) is 10.7. The van der Waals surface area contributed by atoms with Crippen molar-refractivity contribution in [2.45, 2.75) is 44.7 Å². The van der Waals surface area contributed by atoms with Gasteiger partial charge in [-0.1, -0.05) is 37.5 Å². The molecular weight excluding hydrogens is 304 g/mol. The lowest BCUT2D eigenvalue weighted by atomic mass is 9.94. The SMILES string of the molecule is CN(Cc1ccccc1NC(=O)c1ccsc1)C1CCCCC1. The Labute approximate surface area is 142 Å². The van der Waals surface area contributed by atoms with Crippen molar-refractivity contribution in [2.24, 2.45) is 0 Å². The zero-order chi connectivity index (χ0) is 16.1. The standard InChI is InChI=1S/C19H24N2OS/c1-21(17-8-3-2-4-9-17)13-15-7-5-6-10-18(15)20-19(22)16-11-12-23-14-16/h5-7,10-12,14,17H,2-4,8-9,13H2,1H3,(H,20,22). The molecule has 0 unspecified atom stereocenters. The minimum absolute atomic E-state index is 0.0287. The van der Waals surface area contributed by atoms with E-state index in [1.165, 1.54) is 37.7 Å². The van der Waals surface area contributed by atoms with Crippen LogP contribution in [0.4, 0.5) is 5.69 Å². The second-order valence-electron chi connectivity index (χ2n) is 6.33. The van der Waals surface area contributed by atoms with E-state index in [0.717, 1.165) is 17.8 Å². The summed E-state index contributed by atoms with van der Waals surface area (Å²) in [7, 11) is 2.20. The molecule has 1 fully saturated rings. The quantitative estimate of drug-likeness (QED) is 0.858. The Morgan fingerprint density at radius 2 is 2.00 bits per heavy atom. The van der Waals surface area contributed by atoms with Crippen LogP contribution < -0.4 is 5.32 Å². The average Bonchev–Trinajstić information content (AvgIpc) is 3.12. The fourth-order valence-electron chi connectivity index (χ4n) is 3.29. The van der Waals surface area contributed by atoms with Crippen LogP contribution in [0.3, 0.4) is 0 Å². The van der Waals surface area contributed by atoms with Crippen LogP contribution in [0, 0.1) is 0 Å². The van der Waals surface area contributed by atoms with E-state index in [9.17, 15) is 4.79 Å². The first-order valence-electron chi connectivity index (χ1n) is 8.36. The number of carbonyl (C=O) groups is 1. The van der Waals surface area contributed by atoms with Crippen LogP contribution in [-0.4, -0.2) is 23.9 Å². The van der Waals surface area contributed by atoms with Crippen LogP contribution in [0.25, 0.3) is 0 Å². The number of amides is 1. The highest BCUT2D eigenvalue weighted by Gasteiger charge is 2.19. The Hall–Kier alpha value is -1.65. The molecule has 0 saturated heterocycles. The van der Waals surface area contributed by atoms with Crippen molar-refractivity contribution in [1.82, 2.24) is 4.90 Å². The predicted octanol–water partition coefficient (Wildman–Crippen LogP) is 4.76. The lowest BCUT2D eigenvalue weighted by Crippen LogP contribution is -2.33. The summed E-state index contributed by atoms with van der Waals surface area (Å²) in [4.78, 5) is 14.7. The number of anilines is 1. The van der Waals surface area contributed by atoms with Gasteiger partial charge in [-0.3, -0.25) is 9.69 Å². The molecule has 3 rings (SSSR count). The van der Waals surface area contributed by atoms with Gasteiger partial charge in [-0.05, 0) is 43.0 Å². The Kier molecular flexibility index (Phi) is 5.47. The fraction of sp³-hybridized carbons (Fsp3) is 0.421. The molecule has 1 amide bonds. The van der Waals surface area contributed by atoms with E-state index in [1.807, 2.05) is 35.0 Å². The van der Waals surface area contributed by atoms with Crippen molar-refractivity contribution in [3.63, 3.8) is 0 Å². The molecule has 0 atom stereocenters. The molecule has 122 valence electrons. The topological polar surface area (TPSA) is 32.3 Å². The van der Waals surface area contributed by atoms with Gasteiger partial charge in [-0.2, -0.15) is 11.3 Å². The molecule has 1 saturated carbocycles. The van der Waals surface area contributed by atoms with Gasteiger partial charge in [0.25, 0.3) is 5.91 Å². The van der Waals surface area contributed by atoms with Crippen LogP contribution in [0.15, 0.2) is 41.1 Å². The number of rotatable bonds is 5. The van der Waals surface area contributed by atoms with Gasteiger partial charge in [0, 0.05) is 23.7 Å². The molecular formula is C19H24N2OS. The summed E-state index contributed by atoms with van der Waals surface area (Å²) in [5.41, 5.74) is 2.83. The molecule has 1 aliphatic carbocycles. The highest BCUT2D eigenvalue weighted by molar-refractivity contribution is 7.08. The zero-order valence-electron chi connectivity index (χ0n) is 13.6. The Bertz CT molecular complexity index is 633. The second kappa shape index (κ2) is 7.75. The normalized spacial score (nSPS) is 15.7. The molecule has 0 spiro atoms. The summed E-state index contributed by atoms with van der Waals surface area (Å²) in [6.45, 7) is 0.880. The van der Waals surface area contributed by atoms with E-state index in [2.05, 4.69) is 23.3 Å². The van der Waals surface area contributed by atoms with Crippen molar-refractivity contribution in [3.8, 4) is 0 Å². The summed E-state index contributed by atoms with van der Waals surface area (Å²) in [5, 5.41) is 6.87. The Balaban J connectivity index is 1.68. The van der Waals surface area contributed by atoms with Gasteiger partial charge < -0.3 is 5.32 Å². The van der Waals surface area contributed by atoms with Gasteiger partial charge in [-0.25, -0.2) is 0 Å². The molecule has 2 aromatic rings. The van der Waals surface area contributed by atoms with Crippen LogP contribution in [0.5, 0.6) is 0 Å². The Morgan fingerprint density at radius 3 is 2.74 bits per heavy atom. The number of thiophene rings is 1. The van der Waals surface area contributed by atoms with Gasteiger partial charge in [0.1, 0.15) is 0 Å². The van der Waals surface area contributed by atoms with E-state index in [-0.39, 0.29) is 5.91 Å². The molecule has 23 heavy (non-hydrogen) atoms. The average molecular weight is 328 g/mol. The summed E-state index contributed by atoms with van der Waals surface area (Å²) in [5.74, 6) is -0.0287. The highest BCUT2D eigenvalue weighted by Crippen LogP contribution is 2.25. The predicted molar refractivity (Wildman–Crippen MR) is 97.1 cm³/mol. The fourth-order valence-corrected chi connectivity index (χ4v) is 3.92. The number of benzene rings is 1. The third-order valence-corrected chi connectivity index (χ3v) is 5.35. The molecule has 1 aromatic heterocycles. The molecule has 1 aromatic carbocycles. The maximum Gasteiger partial charge on any atom is 0.256 e. The number of para-hydroxylation sites is 1. The van der Waals surface area contributed by atoms with Gasteiger partial charge in [-0.15, -0.1) is 0 Å². The molecule has 3 nitrogen and oxygen atoms in total. The van der Waals surface area contributed by atoms with Gasteiger partial charge in [0.2, 0.25) is 0 Å². The maximum absolute atomic E-state index is 12.3. The van der Waals surface area contributed by atoms with Crippen molar-refractivity contribution in [1.29, 1.82) is 0 Å². The van der Waals surface area contributed by atoms with Crippen molar-refractivity contribution in [3.05, 3.63) is 52.2 Å². The summed E-state index contributed by atoms with van der Waals surface area (Å²) < 4.78 is 0. The second-order valence-corrected chi connectivity index (χ2v) is 7.11. The number of nitrogens with zero attached hydrogens (tertiary/aromatic N) is 1. The third kappa shape index (κ3) is 4.21. The van der Waals surface area contributed by atoms with Crippen LogP contribution >= 0.6 is 11.3 Å². The van der Waals surface area contributed by atoms with E-state index in [4.69, 9.17) is 0 Å². The third-order valence-electron chi connectivity index (χ3n) is 4.67. The van der Waals surface area contributed by atoms with Crippen molar-refractivity contribution < 1.29 is 4.79 Å². The lowest BCUT2D eigenvalue weighted by molar-refractivity contribution is 0.102. The van der Waals surface area contributed by atoms with Crippen molar-refractivity contribution in [2.75, 3.05) is 12.4 Å². The lowest BCUT2D eigenvalue weighted by Gasteiger charge is -2.31. The summed E-state index contributed by atoms with van der Waals surface area (Å²) in [6.07, 6.45) is 6.63. The molecule has 1 aliphatic rings. The number of hydrogen-bond donors (Lipinski definition) is 1. The van der Waals surface area contributed by atoms with Crippen LogP contribution in [0.2, 0.25) is 0 Å². The smallest absolute Gasteiger partial charge is 0.256 e. The van der Waals surface area contributed by atoms with E-state index < -0.39 is 0 Å². The minimum Gasteiger partial charge on any atom is -0.322 e. The van der Waals surface area contributed by atoms with E-state index in [0.29, 0.717) is 6.04 Å². The van der Waals surface area contributed by atoms with Crippen LogP contribution in [-0.2, 0) is 6.54 Å². The molecule has 0 aliphatic heterocycles. The highest BCUT2D eigenvalue weighted by atomic mass is 32.1. The first-order chi connectivity index (χ1) is 11.2. The molecule has 0 bridgehead atoms. The largest absolute Gasteiger partial charge is 0.322 e. The van der Waals surface area contributed by atoms with Gasteiger partial charge >= 0.3 is 0 Å². The molecule has 1 heterocycles. The number of nitrogens with one attached hydrogen (secondary N) is 1. The summed E-state index contributed by atoms with van der Waals surface area (Å²) >= 11 is 1.54. The monoisotopic (exact) mass is 328 g/mol. The van der Waals surface area contributed by atoms with Crippen LogP contribution in [0.1, 0.15) is 48.0 Å². The molecule has 1 N–H and O–H groups in total. The first kappa shape index (κ1) is 16.2. The van der Waals surface area contributed by atoms with Gasteiger partial charge in [0.05, 0.1) is 5.56 Å². The molecule has 4 heteroatoms. The van der Waals surface area contributed by atoms with E-state index >= 15 is 0 Å². The number of carbonyl (C=O) groups excluding carboxylic acids is 1.